The number of carboxylic acids is 1. The zero-order valence-corrected chi connectivity index (χ0v) is 18.7. The topological polar surface area (TPSA) is 92.7 Å². The van der Waals surface area contributed by atoms with Crippen molar-refractivity contribution in [3.8, 4) is 11.1 Å². The maximum atomic E-state index is 13.2. The summed E-state index contributed by atoms with van der Waals surface area (Å²) in [6.45, 7) is 5.87. The van der Waals surface area contributed by atoms with Crippen LogP contribution in [0.15, 0.2) is 30.4 Å². The molecule has 2 N–H and O–H groups in total. The Morgan fingerprint density at radius 1 is 1.10 bits per heavy atom. The fraction of sp³-hybridized carbons (Fsp3) is 0.375. The van der Waals surface area contributed by atoms with E-state index in [1.54, 1.807) is 0 Å². The van der Waals surface area contributed by atoms with E-state index in [1.165, 1.54) is 18.4 Å². The van der Waals surface area contributed by atoms with Crippen molar-refractivity contribution in [2.24, 2.45) is 23.7 Å². The number of hydrogen-bond donors (Lipinski definition) is 2. The smallest absolute Gasteiger partial charge is 0.341 e. The van der Waals surface area contributed by atoms with Crippen molar-refractivity contribution in [1.82, 2.24) is 0 Å². The van der Waals surface area contributed by atoms with E-state index < -0.39 is 23.8 Å². The Hall–Kier alpha value is -2.93. The molecular weight excluding hydrogens is 414 g/mol. The van der Waals surface area contributed by atoms with Crippen molar-refractivity contribution in [3.63, 3.8) is 0 Å². The lowest BCUT2D eigenvalue weighted by Crippen LogP contribution is -2.36. The minimum Gasteiger partial charge on any atom is -0.481 e. The molecule has 162 valence electrons. The molecule has 2 bridgehead atoms. The molecule has 2 aromatic rings. The number of aliphatic carboxylic acids is 1. The molecule has 0 aliphatic heterocycles. The van der Waals surface area contributed by atoms with Crippen LogP contribution >= 0.6 is 11.3 Å². The maximum Gasteiger partial charge on any atom is 0.341 e. The number of carboxylic acid groups (broad SMARTS) is 1. The highest BCUT2D eigenvalue weighted by Crippen LogP contribution is 2.49. The molecule has 7 heteroatoms. The summed E-state index contributed by atoms with van der Waals surface area (Å²) in [5, 5.41) is 13.0. The van der Waals surface area contributed by atoms with Crippen molar-refractivity contribution < 1.29 is 24.2 Å². The lowest BCUT2D eigenvalue weighted by atomic mass is 9.82. The molecule has 4 atom stereocenters. The van der Waals surface area contributed by atoms with E-state index in [0.717, 1.165) is 27.1 Å². The molecule has 2 aliphatic carbocycles. The second-order valence-corrected chi connectivity index (χ2v) is 9.60. The average molecular weight is 440 g/mol. The van der Waals surface area contributed by atoms with Gasteiger partial charge in [0.2, 0.25) is 5.91 Å². The summed E-state index contributed by atoms with van der Waals surface area (Å²) >= 11 is 1.31. The third-order valence-corrected chi connectivity index (χ3v) is 7.44. The van der Waals surface area contributed by atoms with Crippen molar-refractivity contribution in [1.29, 1.82) is 0 Å². The number of rotatable bonds is 5. The highest BCUT2D eigenvalue weighted by atomic mass is 32.1. The van der Waals surface area contributed by atoms with Gasteiger partial charge < -0.3 is 15.2 Å². The van der Waals surface area contributed by atoms with Crippen LogP contribution < -0.4 is 5.32 Å². The first kappa shape index (κ1) is 21.3. The van der Waals surface area contributed by atoms with Gasteiger partial charge in [-0.15, -0.1) is 11.3 Å². The monoisotopic (exact) mass is 439 g/mol. The summed E-state index contributed by atoms with van der Waals surface area (Å²) < 4.78 is 5.05. The normalized spacial score (nSPS) is 23.7. The Morgan fingerprint density at radius 3 is 2.42 bits per heavy atom. The van der Waals surface area contributed by atoms with E-state index in [-0.39, 0.29) is 17.7 Å². The van der Waals surface area contributed by atoms with Gasteiger partial charge >= 0.3 is 11.9 Å². The Balaban J connectivity index is 1.75. The predicted octanol–water partition coefficient (Wildman–Crippen LogP) is 4.59. The first-order chi connectivity index (χ1) is 14.7. The summed E-state index contributed by atoms with van der Waals surface area (Å²) in [5.41, 5.74) is 4.05. The summed E-state index contributed by atoms with van der Waals surface area (Å²) in [6, 6.07) is 6.03. The van der Waals surface area contributed by atoms with E-state index in [2.05, 4.69) is 5.32 Å². The average Bonchev–Trinajstić information content (AvgIpc) is 3.42. The SMILES string of the molecule is COC(=O)c1c(NC(=O)[C@@H]2[C@@H](C(=O)O)[C@H]3C=C[C@@H]2C3)sc(C)c1-c1cc(C)ccc1C. The fourth-order valence-corrected chi connectivity index (χ4v) is 6.03. The molecule has 2 aliphatic rings. The largest absolute Gasteiger partial charge is 0.481 e. The molecule has 1 aromatic carbocycles. The number of carbonyl (C=O) groups excluding carboxylic acids is 2. The van der Waals surface area contributed by atoms with Crippen molar-refractivity contribution in [2.45, 2.75) is 27.2 Å². The minimum atomic E-state index is -0.955. The summed E-state index contributed by atoms with van der Waals surface area (Å²) in [7, 11) is 1.31. The highest BCUT2D eigenvalue weighted by Gasteiger charge is 2.51. The van der Waals surface area contributed by atoms with Gasteiger partial charge in [0, 0.05) is 10.4 Å². The summed E-state index contributed by atoms with van der Waals surface area (Å²) in [4.78, 5) is 38.7. The molecule has 0 radical (unpaired) electrons. The van der Waals surface area contributed by atoms with Crippen LogP contribution in [0.4, 0.5) is 5.00 Å². The molecule has 1 amide bonds. The number of fused-ring (bicyclic) bond motifs is 2. The first-order valence-corrected chi connectivity index (χ1v) is 11.1. The van der Waals surface area contributed by atoms with E-state index in [0.29, 0.717) is 17.0 Å². The van der Waals surface area contributed by atoms with Crippen LogP contribution in [0.5, 0.6) is 0 Å². The Morgan fingerprint density at radius 2 is 1.77 bits per heavy atom. The Labute approximate surface area is 184 Å². The number of methoxy groups -OCH3 is 1. The molecule has 1 fully saturated rings. The molecule has 0 saturated heterocycles. The molecule has 31 heavy (non-hydrogen) atoms. The van der Waals surface area contributed by atoms with Gasteiger partial charge in [-0.1, -0.05) is 35.9 Å². The van der Waals surface area contributed by atoms with Gasteiger partial charge in [-0.05, 0) is 50.2 Å². The number of aryl methyl sites for hydroxylation is 3. The van der Waals surface area contributed by atoms with Crippen LogP contribution in [0.25, 0.3) is 11.1 Å². The molecule has 1 heterocycles. The number of hydrogen-bond acceptors (Lipinski definition) is 5. The second-order valence-electron chi connectivity index (χ2n) is 8.37. The molecule has 1 saturated carbocycles. The third-order valence-electron chi connectivity index (χ3n) is 6.42. The lowest BCUT2D eigenvalue weighted by molar-refractivity contribution is -0.146. The third kappa shape index (κ3) is 3.57. The number of benzene rings is 1. The van der Waals surface area contributed by atoms with Gasteiger partial charge in [0.1, 0.15) is 10.6 Å². The Bertz CT molecular complexity index is 1120. The van der Waals surface area contributed by atoms with Crippen molar-refractivity contribution >= 4 is 34.2 Å². The highest BCUT2D eigenvalue weighted by molar-refractivity contribution is 7.17. The number of carbonyl (C=O) groups is 3. The number of nitrogens with one attached hydrogen (secondary N) is 1. The van der Waals surface area contributed by atoms with E-state index in [4.69, 9.17) is 4.74 Å². The molecule has 4 rings (SSSR count). The van der Waals surface area contributed by atoms with E-state index in [9.17, 15) is 19.5 Å². The zero-order chi connectivity index (χ0) is 22.4. The molecule has 0 unspecified atom stereocenters. The van der Waals surface area contributed by atoms with Gasteiger partial charge in [-0.2, -0.15) is 0 Å². The van der Waals surface area contributed by atoms with Crippen LogP contribution in [0.1, 0.15) is 32.8 Å². The second kappa shape index (κ2) is 7.96. The van der Waals surface area contributed by atoms with Crippen LogP contribution in [0, 0.1) is 44.4 Å². The van der Waals surface area contributed by atoms with Crippen molar-refractivity contribution in [2.75, 3.05) is 12.4 Å². The van der Waals surface area contributed by atoms with Gasteiger partial charge in [-0.25, -0.2) is 4.79 Å². The number of allylic oxidation sites excluding steroid dienone is 2. The molecule has 1 aromatic heterocycles. The van der Waals surface area contributed by atoms with Crippen LogP contribution in [0.2, 0.25) is 0 Å². The van der Waals surface area contributed by atoms with Crippen LogP contribution in [-0.2, 0) is 14.3 Å². The molecule has 6 nitrogen and oxygen atoms in total. The summed E-state index contributed by atoms with van der Waals surface area (Å²) in [6.07, 6.45) is 4.52. The van der Waals surface area contributed by atoms with Crippen LogP contribution in [0.3, 0.4) is 0 Å². The quantitative estimate of drug-likeness (QED) is 0.525. The van der Waals surface area contributed by atoms with E-state index >= 15 is 0 Å². The molecular formula is C24H25NO5S. The van der Waals surface area contributed by atoms with E-state index in [1.807, 2.05) is 51.1 Å². The zero-order valence-electron chi connectivity index (χ0n) is 17.9. The number of ether oxygens (including phenoxy) is 1. The van der Waals surface area contributed by atoms with Crippen molar-refractivity contribution in [3.05, 3.63) is 51.9 Å². The number of amides is 1. The number of anilines is 1. The van der Waals surface area contributed by atoms with Gasteiger partial charge in [0.25, 0.3) is 0 Å². The van der Waals surface area contributed by atoms with Gasteiger partial charge in [-0.3, -0.25) is 9.59 Å². The molecule has 0 spiro atoms. The van der Waals surface area contributed by atoms with Gasteiger partial charge in [0.15, 0.2) is 0 Å². The first-order valence-electron chi connectivity index (χ1n) is 10.2. The summed E-state index contributed by atoms with van der Waals surface area (Å²) in [5.74, 6) is -3.44. The minimum absolute atomic E-state index is 0.0905. The van der Waals surface area contributed by atoms with Gasteiger partial charge in [0.05, 0.1) is 18.9 Å². The van der Waals surface area contributed by atoms with Crippen LogP contribution in [-0.4, -0.2) is 30.1 Å². The number of esters is 1. The maximum absolute atomic E-state index is 13.2. The number of thiophene rings is 1. The standard InChI is InChI=1S/C24H25NO5S/c1-11-5-6-12(2)16(9-11)17-13(3)31-22(20(17)24(29)30-4)25-21(26)18-14-7-8-15(10-14)19(18)23(27)28/h5-9,14-15,18-19H,10H2,1-4H3,(H,25,26)(H,27,28)/t14-,15+,18+,19+/m1/s1. The predicted molar refractivity (Wildman–Crippen MR) is 119 cm³/mol. The Kier molecular flexibility index (Phi) is 5.47. The lowest BCUT2D eigenvalue weighted by Gasteiger charge is -2.23. The fourth-order valence-electron chi connectivity index (χ4n) is 4.97.